The molecule has 1 N–H and O–H groups in total. The van der Waals surface area contributed by atoms with Gasteiger partial charge in [0.2, 0.25) is 0 Å². The van der Waals surface area contributed by atoms with Gasteiger partial charge in [0.1, 0.15) is 0 Å². The van der Waals surface area contributed by atoms with Crippen LogP contribution in [-0.4, -0.2) is 56.5 Å². The molecule has 0 aromatic rings. The predicted octanol–water partition coefficient (Wildman–Crippen LogP) is 1.52. The molecule has 0 aromatic heterocycles. The maximum Gasteiger partial charge on any atom is 0.152 e. The Morgan fingerprint density at radius 1 is 1.11 bits per heavy atom. The standard InChI is InChI=1S/C14H30N2O2S/c1-6-14(5,11-15-13(2,3)4)12-16-7-9-19(17,18)10-8-16/h15H,6-12H2,1-5H3. The average molecular weight is 290 g/mol. The molecule has 0 bridgehead atoms. The minimum absolute atomic E-state index is 0.127. The van der Waals surface area contributed by atoms with Crippen molar-refractivity contribution in [3.8, 4) is 0 Å². The van der Waals surface area contributed by atoms with Crippen molar-refractivity contribution in [1.29, 1.82) is 0 Å². The number of nitrogens with one attached hydrogen (secondary N) is 1. The second-order valence-electron chi connectivity index (χ2n) is 7.20. The molecular formula is C14H30N2O2S. The predicted molar refractivity (Wildman–Crippen MR) is 81.2 cm³/mol. The highest BCUT2D eigenvalue weighted by molar-refractivity contribution is 7.91. The first-order chi connectivity index (χ1) is 8.55. The van der Waals surface area contributed by atoms with E-state index in [-0.39, 0.29) is 11.0 Å². The van der Waals surface area contributed by atoms with Gasteiger partial charge in [0.05, 0.1) is 11.5 Å². The first-order valence-corrected chi connectivity index (χ1v) is 9.05. The normalized spacial score (nSPS) is 24.1. The Morgan fingerprint density at radius 2 is 1.63 bits per heavy atom. The summed E-state index contributed by atoms with van der Waals surface area (Å²) in [6.45, 7) is 14.3. The lowest BCUT2D eigenvalue weighted by atomic mass is 9.86. The number of hydrogen-bond acceptors (Lipinski definition) is 4. The molecule has 1 heterocycles. The fourth-order valence-electron chi connectivity index (χ4n) is 2.22. The second-order valence-corrected chi connectivity index (χ2v) is 9.50. The minimum atomic E-state index is -2.77. The van der Waals surface area contributed by atoms with Crippen molar-refractivity contribution in [1.82, 2.24) is 10.2 Å². The van der Waals surface area contributed by atoms with Gasteiger partial charge >= 0.3 is 0 Å². The number of nitrogens with zero attached hydrogens (tertiary/aromatic N) is 1. The molecule has 1 rings (SSSR count). The maximum absolute atomic E-state index is 11.4. The van der Waals surface area contributed by atoms with Gasteiger partial charge in [0.15, 0.2) is 9.84 Å². The Balaban J connectivity index is 2.52. The minimum Gasteiger partial charge on any atom is -0.311 e. The summed E-state index contributed by atoms with van der Waals surface area (Å²) in [5.74, 6) is 0.638. The summed E-state index contributed by atoms with van der Waals surface area (Å²) in [6.07, 6.45) is 1.10. The molecule has 19 heavy (non-hydrogen) atoms. The van der Waals surface area contributed by atoms with E-state index >= 15 is 0 Å². The largest absolute Gasteiger partial charge is 0.311 e. The summed E-state index contributed by atoms with van der Waals surface area (Å²) in [7, 11) is -2.77. The Labute approximate surface area is 118 Å². The highest BCUT2D eigenvalue weighted by Gasteiger charge is 2.30. The van der Waals surface area contributed by atoms with E-state index in [1.807, 2.05) is 0 Å². The number of hydrogen-bond donors (Lipinski definition) is 1. The van der Waals surface area contributed by atoms with Crippen molar-refractivity contribution in [2.45, 2.75) is 46.6 Å². The summed E-state index contributed by atoms with van der Waals surface area (Å²) in [6, 6.07) is 0. The highest BCUT2D eigenvalue weighted by Crippen LogP contribution is 2.23. The van der Waals surface area contributed by atoms with E-state index in [2.05, 4.69) is 44.8 Å². The number of rotatable bonds is 5. The molecule has 0 spiro atoms. The Morgan fingerprint density at radius 3 is 2.05 bits per heavy atom. The molecule has 0 aromatic carbocycles. The van der Waals surface area contributed by atoms with Gasteiger partial charge in [0, 0.05) is 31.7 Å². The van der Waals surface area contributed by atoms with Gasteiger partial charge in [-0.05, 0) is 32.6 Å². The van der Waals surface area contributed by atoms with E-state index in [9.17, 15) is 8.42 Å². The summed E-state index contributed by atoms with van der Waals surface area (Å²) in [5, 5.41) is 3.57. The third kappa shape index (κ3) is 6.23. The fourth-order valence-corrected chi connectivity index (χ4v) is 3.50. The molecule has 0 radical (unpaired) electrons. The van der Waals surface area contributed by atoms with Crippen molar-refractivity contribution in [2.24, 2.45) is 5.41 Å². The molecule has 1 saturated heterocycles. The summed E-state index contributed by atoms with van der Waals surface area (Å²) < 4.78 is 22.9. The van der Waals surface area contributed by atoms with Crippen LogP contribution in [0.25, 0.3) is 0 Å². The molecular weight excluding hydrogens is 260 g/mol. The molecule has 0 saturated carbocycles. The van der Waals surface area contributed by atoms with Crippen LogP contribution in [0.3, 0.4) is 0 Å². The Kier molecular flexibility index (Phi) is 5.43. The lowest BCUT2D eigenvalue weighted by Gasteiger charge is -2.38. The van der Waals surface area contributed by atoms with Crippen LogP contribution in [-0.2, 0) is 9.84 Å². The van der Waals surface area contributed by atoms with Crippen molar-refractivity contribution in [2.75, 3.05) is 37.7 Å². The van der Waals surface area contributed by atoms with Crippen LogP contribution in [0.15, 0.2) is 0 Å². The van der Waals surface area contributed by atoms with E-state index in [0.717, 1.165) is 19.5 Å². The van der Waals surface area contributed by atoms with E-state index < -0.39 is 9.84 Å². The molecule has 0 amide bonds. The van der Waals surface area contributed by atoms with E-state index in [0.29, 0.717) is 24.6 Å². The molecule has 114 valence electrons. The molecule has 5 heteroatoms. The van der Waals surface area contributed by atoms with Crippen molar-refractivity contribution in [3.63, 3.8) is 0 Å². The zero-order chi connectivity index (χ0) is 14.7. The van der Waals surface area contributed by atoms with Crippen molar-refractivity contribution < 1.29 is 8.42 Å². The quantitative estimate of drug-likeness (QED) is 0.834. The first kappa shape index (κ1) is 16.9. The molecule has 1 aliphatic rings. The van der Waals surface area contributed by atoms with Gasteiger partial charge in [0.25, 0.3) is 0 Å². The third-order valence-electron chi connectivity index (χ3n) is 3.94. The average Bonchev–Trinajstić information content (AvgIpc) is 2.29. The van der Waals surface area contributed by atoms with Gasteiger partial charge in [-0.1, -0.05) is 13.8 Å². The summed E-state index contributed by atoms with van der Waals surface area (Å²) >= 11 is 0. The van der Waals surface area contributed by atoms with Gasteiger partial charge < -0.3 is 10.2 Å². The van der Waals surface area contributed by atoms with Crippen molar-refractivity contribution in [3.05, 3.63) is 0 Å². The summed E-state index contributed by atoms with van der Waals surface area (Å²) in [5.41, 5.74) is 0.329. The molecule has 0 aliphatic carbocycles. The van der Waals surface area contributed by atoms with Crippen LogP contribution in [0.1, 0.15) is 41.0 Å². The molecule has 4 nitrogen and oxygen atoms in total. The van der Waals surface area contributed by atoms with Crippen molar-refractivity contribution >= 4 is 9.84 Å². The van der Waals surface area contributed by atoms with Crippen LogP contribution in [0.5, 0.6) is 0 Å². The van der Waals surface area contributed by atoms with E-state index in [1.165, 1.54) is 0 Å². The zero-order valence-corrected chi connectivity index (χ0v) is 13.9. The van der Waals surface area contributed by atoms with Crippen LogP contribution in [0.2, 0.25) is 0 Å². The molecule has 1 aliphatic heterocycles. The maximum atomic E-state index is 11.4. The van der Waals surface area contributed by atoms with Crippen LogP contribution in [0, 0.1) is 5.41 Å². The summed E-state index contributed by atoms with van der Waals surface area (Å²) in [4.78, 5) is 2.30. The zero-order valence-electron chi connectivity index (χ0n) is 13.1. The fraction of sp³-hybridized carbons (Fsp3) is 1.00. The lowest BCUT2D eigenvalue weighted by Crippen LogP contribution is -2.50. The Bertz CT molecular complexity index is 373. The topological polar surface area (TPSA) is 49.4 Å². The van der Waals surface area contributed by atoms with E-state index in [1.54, 1.807) is 0 Å². The third-order valence-corrected chi connectivity index (χ3v) is 5.55. The molecule has 1 unspecified atom stereocenters. The second kappa shape index (κ2) is 6.10. The van der Waals surface area contributed by atoms with Gasteiger partial charge in [-0.15, -0.1) is 0 Å². The lowest BCUT2D eigenvalue weighted by molar-refractivity contribution is 0.154. The number of sulfone groups is 1. The van der Waals surface area contributed by atoms with Crippen LogP contribution < -0.4 is 5.32 Å². The van der Waals surface area contributed by atoms with Gasteiger partial charge in [-0.2, -0.15) is 0 Å². The van der Waals surface area contributed by atoms with Gasteiger partial charge in [-0.25, -0.2) is 8.42 Å². The monoisotopic (exact) mass is 290 g/mol. The van der Waals surface area contributed by atoms with E-state index in [4.69, 9.17) is 0 Å². The highest BCUT2D eigenvalue weighted by atomic mass is 32.2. The van der Waals surface area contributed by atoms with Crippen LogP contribution >= 0.6 is 0 Å². The smallest absolute Gasteiger partial charge is 0.152 e. The van der Waals surface area contributed by atoms with Crippen LogP contribution in [0.4, 0.5) is 0 Å². The Hall–Kier alpha value is -0.130. The van der Waals surface area contributed by atoms with Gasteiger partial charge in [-0.3, -0.25) is 0 Å². The SMILES string of the molecule is CCC(C)(CNC(C)(C)C)CN1CCS(=O)(=O)CC1. The molecule has 1 fully saturated rings. The molecule has 1 atom stereocenters. The first-order valence-electron chi connectivity index (χ1n) is 7.23.